The molecule has 0 unspecified atom stereocenters. The number of benzene rings is 1. The molecule has 7 nitrogen and oxygen atoms in total. The molecule has 3 rings (SSSR count). The summed E-state index contributed by atoms with van der Waals surface area (Å²) in [5.74, 6) is 1.89. The predicted octanol–water partition coefficient (Wildman–Crippen LogP) is 2.41. The molecule has 0 aromatic heterocycles. The number of halogens is 1. The lowest BCUT2D eigenvalue weighted by Crippen LogP contribution is -2.53. The van der Waals surface area contributed by atoms with Gasteiger partial charge in [-0.05, 0) is 38.3 Å². The number of rotatable bonds is 5. The van der Waals surface area contributed by atoms with Crippen LogP contribution in [-0.4, -0.2) is 81.1 Å². The van der Waals surface area contributed by atoms with E-state index in [0.29, 0.717) is 0 Å². The van der Waals surface area contributed by atoms with Crippen LogP contribution in [-0.2, 0) is 4.79 Å². The fraction of sp³-hybridized carbons (Fsp3) is 0.619. The second-order valence-corrected chi connectivity index (χ2v) is 7.26. The van der Waals surface area contributed by atoms with Crippen LogP contribution in [0.1, 0.15) is 26.2 Å². The molecule has 2 aliphatic rings. The van der Waals surface area contributed by atoms with Gasteiger partial charge < -0.3 is 24.8 Å². The Morgan fingerprint density at radius 1 is 1.03 bits per heavy atom. The number of anilines is 1. The number of hydrogen-bond donors (Lipinski definition) is 1. The lowest BCUT2D eigenvalue weighted by molar-refractivity contribution is -0.130. The van der Waals surface area contributed by atoms with E-state index >= 15 is 0 Å². The van der Waals surface area contributed by atoms with Gasteiger partial charge in [-0.25, -0.2) is 4.99 Å². The Hall–Kier alpha value is -1.71. The van der Waals surface area contributed by atoms with E-state index in [1.165, 1.54) is 6.42 Å². The normalized spacial score (nSPS) is 17.6. The third-order valence-corrected chi connectivity index (χ3v) is 5.41. The van der Waals surface area contributed by atoms with Gasteiger partial charge in [0.2, 0.25) is 5.91 Å². The third kappa shape index (κ3) is 6.38. The van der Waals surface area contributed by atoms with Crippen molar-refractivity contribution in [2.24, 2.45) is 4.99 Å². The number of amides is 1. The molecule has 0 radical (unpaired) electrons. The molecule has 2 aliphatic heterocycles. The number of carbonyl (C=O) groups excluding carboxylic acids is 1. The Bertz CT molecular complexity index is 671. The van der Waals surface area contributed by atoms with Crippen molar-refractivity contribution >= 4 is 41.5 Å². The molecule has 0 aliphatic carbocycles. The molecule has 2 heterocycles. The highest BCUT2D eigenvalue weighted by Gasteiger charge is 2.22. The maximum atomic E-state index is 12.4. The molecule has 8 heteroatoms. The Labute approximate surface area is 191 Å². The molecular formula is C21H34IN5O2. The van der Waals surface area contributed by atoms with Crippen LogP contribution in [0.15, 0.2) is 29.3 Å². The summed E-state index contributed by atoms with van der Waals surface area (Å²) in [6.07, 6.45) is 3.45. The molecule has 1 N–H and O–H groups in total. The van der Waals surface area contributed by atoms with E-state index in [2.05, 4.69) is 33.1 Å². The zero-order valence-corrected chi connectivity index (χ0v) is 19.9. The first kappa shape index (κ1) is 23.6. The fourth-order valence-corrected chi connectivity index (χ4v) is 3.86. The summed E-state index contributed by atoms with van der Waals surface area (Å²) in [5, 5.41) is 3.35. The van der Waals surface area contributed by atoms with Gasteiger partial charge in [0.05, 0.1) is 12.8 Å². The van der Waals surface area contributed by atoms with Crippen molar-refractivity contribution < 1.29 is 9.53 Å². The quantitative estimate of drug-likeness (QED) is 0.371. The van der Waals surface area contributed by atoms with Crippen LogP contribution in [0.2, 0.25) is 0 Å². The number of likely N-dealkylation sites (tertiary alicyclic amines) is 1. The third-order valence-electron chi connectivity index (χ3n) is 5.41. The Morgan fingerprint density at radius 2 is 1.72 bits per heavy atom. The van der Waals surface area contributed by atoms with Gasteiger partial charge in [0.15, 0.2) is 5.96 Å². The number of carbonyl (C=O) groups is 1. The van der Waals surface area contributed by atoms with E-state index < -0.39 is 0 Å². The van der Waals surface area contributed by atoms with Crippen LogP contribution in [0, 0.1) is 0 Å². The summed E-state index contributed by atoms with van der Waals surface area (Å²) in [7, 11) is 1.71. The highest BCUT2D eigenvalue weighted by Crippen LogP contribution is 2.28. The lowest BCUT2D eigenvalue weighted by atomic mass is 10.1. The van der Waals surface area contributed by atoms with Crippen molar-refractivity contribution in [2.75, 3.05) is 64.4 Å². The number of methoxy groups -OCH3 is 1. The number of para-hydroxylation sites is 2. The maximum absolute atomic E-state index is 12.4. The summed E-state index contributed by atoms with van der Waals surface area (Å²) in [4.78, 5) is 23.6. The van der Waals surface area contributed by atoms with Gasteiger partial charge in [0.1, 0.15) is 12.3 Å². The van der Waals surface area contributed by atoms with E-state index in [-0.39, 0.29) is 36.4 Å². The van der Waals surface area contributed by atoms with Crippen LogP contribution in [0.25, 0.3) is 0 Å². The smallest absolute Gasteiger partial charge is 0.244 e. The van der Waals surface area contributed by atoms with Crippen LogP contribution in [0.5, 0.6) is 5.75 Å². The minimum Gasteiger partial charge on any atom is -0.495 e. The summed E-state index contributed by atoms with van der Waals surface area (Å²) in [5.41, 5.74) is 1.13. The number of nitrogens with zero attached hydrogens (tertiary/aromatic N) is 4. The summed E-state index contributed by atoms with van der Waals surface area (Å²) in [6.45, 7) is 8.36. The molecule has 162 valence electrons. The van der Waals surface area contributed by atoms with Crippen molar-refractivity contribution in [1.29, 1.82) is 0 Å². The second-order valence-electron chi connectivity index (χ2n) is 7.26. The number of piperidine rings is 1. The monoisotopic (exact) mass is 515 g/mol. The van der Waals surface area contributed by atoms with Gasteiger partial charge in [-0.1, -0.05) is 12.1 Å². The minimum absolute atomic E-state index is 0. The zero-order valence-electron chi connectivity index (χ0n) is 17.6. The molecule has 1 amide bonds. The maximum Gasteiger partial charge on any atom is 0.244 e. The highest BCUT2D eigenvalue weighted by molar-refractivity contribution is 14.0. The van der Waals surface area contributed by atoms with Gasteiger partial charge in [0, 0.05) is 45.8 Å². The first-order valence-corrected chi connectivity index (χ1v) is 10.4. The molecule has 2 fully saturated rings. The molecule has 0 saturated carbocycles. The number of aliphatic imine (C=N–C) groups is 1. The minimum atomic E-state index is 0. The van der Waals surface area contributed by atoms with Gasteiger partial charge in [-0.2, -0.15) is 0 Å². The van der Waals surface area contributed by atoms with Crippen LogP contribution >= 0.6 is 24.0 Å². The van der Waals surface area contributed by atoms with Crippen molar-refractivity contribution in [3.05, 3.63) is 24.3 Å². The molecule has 1 aromatic carbocycles. The van der Waals surface area contributed by atoms with E-state index in [0.717, 1.165) is 76.1 Å². The fourth-order valence-electron chi connectivity index (χ4n) is 3.86. The topological polar surface area (TPSA) is 60.4 Å². The van der Waals surface area contributed by atoms with Crippen LogP contribution in [0.3, 0.4) is 0 Å². The van der Waals surface area contributed by atoms with Crippen molar-refractivity contribution in [3.63, 3.8) is 0 Å². The highest BCUT2D eigenvalue weighted by atomic mass is 127. The largest absolute Gasteiger partial charge is 0.495 e. The summed E-state index contributed by atoms with van der Waals surface area (Å²) in [6, 6.07) is 8.14. The first-order chi connectivity index (χ1) is 13.7. The van der Waals surface area contributed by atoms with Crippen molar-refractivity contribution in [2.45, 2.75) is 26.2 Å². The standard InChI is InChI=1S/C21H33N5O2.HI/c1-3-22-21(23-17-20(27)25-11-7-4-8-12-25)26-15-13-24(14-16-26)18-9-5-6-10-19(18)28-2;/h5-6,9-10H,3-4,7-8,11-17H2,1-2H3,(H,22,23);1H. The average Bonchev–Trinajstić information content (AvgIpc) is 2.77. The number of ether oxygens (including phenoxy) is 1. The first-order valence-electron chi connectivity index (χ1n) is 10.4. The number of hydrogen-bond acceptors (Lipinski definition) is 4. The Balaban J connectivity index is 0.00000300. The van der Waals surface area contributed by atoms with Crippen molar-refractivity contribution in [3.8, 4) is 5.75 Å². The van der Waals surface area contributed by atoms with Crippen LogP contribution < -0.4 is 15.0 Å². The molecule has 0 atom stereocenters. The van der Waals surface area contributed by atoms with Gasteiger partial charge in [0.25, 0.3) is 0 Å². The lowest BCUT2D eigenvalue weighted by Gasteiger charge is -2.38. The molecule has 1 aromatic rings. The number of guanidine groups is 1. The molecule has 2 saturated heterocycles. The molecular weight excluding hydrogens is 481 g/mol. The average molecular weight is 515 g/mol. The van der Waals surface area contributed by atoms with Gasteiger partial charge in [-0.15, -0.1) is 24.0 Å². The van der Waals surface area contributed by atoms with Gasteiger partial charge >= 0.3 is 0 Å². The van der Waals surface area contributed by atoms with E-state index in [4.69, 9.17) is 4.74 Å². The van der Waals surface area contributed by atoms with E-state index in [1.807, 2.05) is 23.1 Å². The second kappa shape index (κ2) is 12.1. The predicted molar refractivity (Wildman–Crippen MR) is 129 cm³/mol. The Kier molecular flexibility index (Phi) is 9.83. The van der Waals surface area contributed by atoms with E-state index in [1.54, 1.807) is 7.11 Å². The SMILES string of the molecule is CCNC(=NCC(=O)N1CCCCC1)N1CCN(c2ccccc2OC)CC1.I. The zero-order chi connectivity index (χ0) is 19.8. The summed E-state index contributed by atoms with van der Waals surface area (Å²) < 4.78 is 5.50. The van der Waals surface area contributed by atoms with Gasteiger partial charge in [-0.3, -0.25) is 4.79 Å². The Morgan fingerprint density at radius 3 is 2.38 bits per heavy atom. The van der Waals surface area contributed by atoms with Crippen molar-refractivity contribution in [1.82, 2.24) is 15.1 Å². The number of piperazine rings is 1. The van der Waals surface area contributed by atoms with Crippen LogP contribution in [0.4, 0.5) is 5.69 Å². The summed E-state index contributed by atoms with van der Waals surface area (Å²) >= 11 is 0. The molecule has 29 heavy (non-hydrogen) atoms. The van der Waals surface area contributed by atoms with E-state index in [9.17, 15) is 4.79 Å². The molecule has 0 spiro atoms. The molecule has 0 bridgehead atoms. The number of nitrogens with one attached hydrogen (secondary N) is 1.